The van der Waals surface area contributed by atoms with Crippen molar-refractivity contribution in [1.82, 2.24) is 4.98 Å². The highest BCUT2D eigenvalue weighted by Gasteiger charge is 2.34. The Kier molecular flexibility index (Phi) is 7.94. The number of nitrogens with one attached hydrogen (secondary N) is 1. The first-order valence-electron chi connectivity index (χ1n) is 15.5. The van der Waals surface area contributed by atoms with Gasteiger partial charge in [-0.15, -0.1) is 0 Å². The van der Waals surface area contributed by atoms with Gasteiger partial charge in [0.15, 0.2) is 0 Å². The van der Waals surface area contributed by atoms with Crippen molar-refractivity contribution in [3.8, 4) is 0 Å². The van der Waals surface area contributed by atoms with Crippen LogP contribution in [0.4, 0.5) is 0 Å². The van der Waals surface area contributed by atoms with Crippen molar-refractivity contribution in [3.63, 3.8) is 0 Å². The van der Waals surface area contributed by atoms with Crippen LogP contribution in [-0.4, -0.2) is 28.2 Å². The van der Waals surface area contributed by atoms with E-state index in [2.05, 4.69) is 84.7 Å². The molecule has 0 fully saturated rings. The third kappa shape index (κ3) is 4.60. The lowest BCUT2D eigenvalue weighted by molar-refractivity contribution is 0.422. The number of hydrogen-bond acceptors (Lipinski definition) is 3. The maximum absolute atomic E-state index is 5.36. The zero-order valence-corrected chi connectivity index (χ0v) is 25.3. The summed E-state index contributed by atoms with van der Waals surface area (Å²) >= 11 is 0. The standard InChI is InChI=1S/C35H46N4/c1-9-21-20(8)28-16-30-22(10-2)23(11-3)32(37-30)18-34-26(14-6)27(15-7)35(39-34)19-33-25(13-5)24(12-4)31(38-33)17-29(21)36-28/h16-21,29,37H,9-15H2,1-8H3. The van der Waals surface area contributed by atoms with E-state index in [1.807, 2.05) is 0 Å². The molecule has 0 aliphatic carbocycles. The molecule has 5 rings (SSSR count). The lowest BCUT2D eigenvalue weighted by Gasteiger charge is -2.18. The molecular weight excluding hydrogens is 476 g/mol. The van der Waals surface area contributed by atoms with E-state index < -0.39 is 0 Å². The Morgan fingerprint density at radius 3 is 1.74 bits per heavy atom. The van der Waals surface area contributed by atoms with E-state index in [1.165, 1.54) is 49.8 Å². The summed E-state index contributed by atoms with van der Waals surface area (Å²) in [6.45, 7) is 18.2. The summed E-state index contributed by atoms with van der Waals surface area (Å²) in [5.41, 5.74) is 13.9. The van der Waals surface area contributed by atoms with Crippen LogP contribution in [0.2, 0.25) is 0 Å². The molecule has 3 atom stereocenters. The predicted molar refractivity (Wildman–Crippen MR) is 168 cm³/mol. The maximum atomic E-state index is 5.36. The van der Waals surface area contributed by atoms with Gasteiger partial charge in [-0.2, -0.15) is 0 Å². The quantitative estimate of drug-likeness (QED) is 0.397. The van der Waals surface area contributed by atoms with Gasteiger partial charge in [0.1, 0.15) is 0 Å². The van der Waals surface area contributed by atoms with Crippen molar-refractivity contribution in [1.29, 1.82) is 0 Å². The molecule has 0 spiro atoms. The SMILES string of the molecule is CCC1=C(CC)C2=NC1=CC1N=C(C=c3[nH]c(c(CC)c3CC)=CC3=NC(=C2)C(CC)=C3CC)C(C)C1CC. The van der Waals surface area contributed by atoms with Gasteiger partial charge in [0, 0.05) is 22.3 Å². The Morgan fingerprint density at radius 1 is 0.641 bits per heavy atom. The number of aromatic nitrogens is 1. The van der Waals surface area contributed by atoms with Gasteiger partial charge in [0.25, 0.3) is 0 Å². The lowest BCUT2D eigenvalue weighted by Crippen LogP contribution is -2.21. The molecule has 4 aliphatic rings. The molecule has 1 aromatic rings. The highest BCUT2D eigenvalue weighted by molar-refractivity contribution is 6.24. The van der Waals surface area contributed by atoms with Crippen molar-refractivity contribution in [2.24, 2.45) is 26.8 Å². The first-order chi connectivity index (χ1) is 18.9. The van der Waals surface area contributed by atoms with Crippen molar-refractivity contribution >= 4 is 29.3 Å². The summed E-state index contributed by atoms with van der Waals surface area (Å²) in [5.74, 6) is 0.895. The monoisotopic (exact) mass is 522 g/mol. The molecule has 1 aromatic heterocycles. The minimum absolute atomic E-state index is 0.153. The second kappa shape index (κ2) is 11.2. The van der Waals surface area contributed by atoms with Gasteiger partial charge in [0.05, 0.1) is 28.9 Å². The van der Waals surface area contributed by atoms with Crippen LogP contribution in [0, 0.1) is 11.8 Å². The van der Waals surface area contributed by atoms with Crippen molar-refractivity contribution < 1.29 is 0 Å². The van der Waals surface area contributed by atoms with E-state index in [0.29, 0.717) is 11.8 Å². The number of H-pyrrole nitrogens is 1. The normalized spacial score (nSPS) is 24.3. The van der Waals surface area contributed by atoms with Gasteiger partial charge in [-0.3, -0.25) is 4.99 Å². The van der Waals surface area contributed by atoms with Gasteiger partial charge in [-0.25, -0.2) is 9.98 Å². The molecule has 206 valence electrons. The highest BCUT2D eigenvalue weighted by atomic mass is 14.9. The molecule has 0 aromatic carbocycles. The molecule has 0 saturated heterocycles. The van der Waals surface area contributed by atoms with Crippen LogP contribution in [0.3, 0.4) is 0 Å². The number of hydrogen-bond donors (Lipinski definition) is 1. The van der Waals surface area contributed by atoms with Gasteiger partial charge < -0.3 is 4.98 Å². The average molecular weight is 523 g/mol. The zero-order chi connectivity index (χ0) is 27.8. The Balaban J connectivity index is 1.86. The second-order valence-electron chi connectivity index (χ2n) is 11.2. The van der Waals surface area contributed by atoms with E-state index in [4.69, 9.17) is 15.0 Å². The van der Waals surface area contributed by atoms with Crippen LogP contribution < -0.4 is 10.7 Å². The predicted octanol–water partition coefficient (Wildman–Crippen LogP) is 7.11. The number of fused-ring (bicyclic) bond motifs is 5. The van der Waals surface area contributed by atoms with E-state index in [9.17, 15) is 0 Å². The number of rotatable bonds is 7. The van der Waals surface area contributed by atoms with Crippen LogP contribution in [-0.2, 0) is 12.8 Å². The van der Waals surface area contributed by atoms with Crippen molar-refractivity contribution in [2.45, 2.75) is 106 Å². The minimum Gasteiger partial charge on any atom is -0.355 e. The van der Waals surface area contributed by atoms with E-state index >= 15 is 0 Å². The highest BCUT2D eigenvalue weighted by Crippen LogP contribution is 2.38. The fraction of sp³-hybridized carbons (Fsp3) is 0.514. The van der Waals surface area contributed by atoms with Gasteiger partial charge in [-0.1, -0.05) is 61.8 Å². The van der Waals surface area contributed by atoms with Crippen molar-refractivity contribution in [3.05, 3.63) is 67.7 Å². The maximum Gasteiger partial charge on any atom is 0.0741 e. The van der Waals surface area contributed by atoms with Crippen LogP contribution in [0.25, 0.3) is 12.2 Å². The zero-order valence-electron chi connectivity index (χ0n) is 25.3. The molecule has 0 saturated carbocycles. The summed E-state index contributed by atoms with van der Waals surface area (Å²) in [4.78, 5) is 19.7. The first-order valence-corrected chi connectivity index (χ1v) is 15.5. The summed E-state index contributed by atoms with van der Waals surface area (Å²) in [5, 5.41) is 2.42. The molecule has 3 unspecified atom stereocenters. The number of allylic oxidation sites excluding steroid dienone is 5. The number of aromatic amines is 1. The third-order valence-electron chi connectivity index (χ3n) is 9.34. The third-order valence-corrected chi connectivity index (χ3v) is 9.34. The molecule has 1 N–H and O–H groups in total. The molecule has 4 heteroatoms. The Bertz CT molecular complexity index is 1510. The average Bonchev–Trinajstić information content (AvgIpc) is 3.64. The molecular formula is C35H46N4. The van der Waals surface area contributed by atoms with Crippen LogP contribution >= 0.6 is 0 Å². The number of nitrogens with zero attached hydrogens (tertiary/aromatic N) is 3. The van der Waals surface area contributed by atoms with E-state index in [0.717, 1.165) is 67.8 Å². The molecule has 0 radical (unpaired) electrons. The molecule has 4 aliphatic heterocycles. The lowest BCUT2D eigenvalue weighted by atomic mass is 9.85. The first kappa shape index (κ1) is 27.6. The van der Waals surface area contributed by atoms with Gasteiger partial charge >= 0.3 is 0 Å². The molecule has 0 amide bonds. The van der Waals surface area contributed by atoms with Crippen LogP contribution in [0.15, 0.2) is 60.8 Å². The second-order valence-corrected chi connectivity index (χ2v) is 11.2. The Hall–Kier alpha value is -3.01. The summed E-state index contributed by atoms with van der Waals surface area (Å²) in [6, 6.07) is 0.153. The Labute approximate surface area is 234 Å². The van der Waals surface area contributed by atoms with Gasteiger partial charge in [-0.05, 0) is 102 Å². The Morgan fingerprint density at radius 2 is 1.18 bits per heavy atom. The molecule has 8 bridgehead atoms. The molecule has 39 heavy (non-hydrogen) atoms. The van der Waals surface area contributed by atoms with Crippen molar-refractivity contribution in [2.75, 3.05) is 0 Å². The number of aliphatic imine (C=N–C) groups is 3. The molecule has 4 nitrogen and oxygen atoms in total. The smallest absolute Gasteiger partial charge is 0.0741 e. The fourth-order valence-corrected chi connectivity index (χ4v) is 7.30. The summed E-state index contributed by atoms with van der Waals surface area (Å²) < 4.78 is 0. The fourth-order valence-electron chi connectivity index (χ4n) is 7.30. The van der Waals surface area contributed by atoms with Crippen LogP contribution in [0.5, 0.6) is 0 Å². The van der Waals surface area contributed by atoms with Gasteiger partial charge in [0.2, 0.25) is 0 Å². The minimum atomic E-state index is 0.153. The van der Waals surface area contributed by atoms with E-state index in [-0.39, 0.29) is 6.04 Å². The summed E-state index contributed by atoms with van der Waals surface area (Å²) in [7, 11) is 0. The van der Waals surface area contributed by atoms with E-state index in [1.54, 1.807) is 0 Å². The summed E-state index contributed by atoms with van der Waals surface area (Å²) in [6.07, 6.45) is 16.3. The topological polar surface area (TPSA) is 52.9 Å². The van der Waals surface area contributed by atoms with Crippen LogP contribution in [0.1, 0.15) is 98.6 Å². The molecule has 5 heterocycles. The largest absolute Gasteiger partial charge is 0.355 e.